The summed E-state index contributed by atoms with van der Waals surface area (Å²) in [5, 5.41) is 9.92. The number of para-hydroxylation sites is 1. The summed E-state index contributed by atoms with van der Waals surface area (Å²) in [4.78, 5) is 15.8. The number of hydrogen-bond donors (Lipinski definition) is 1. The number of ether oxygens (including phenoxy) is 1. The van der Waals surface area contributed by atoms with Crippen molar-refractivity contribution in [2.45, 2.75) is 12.8 Å². The van der Waals surface area contributed by atoms with Crippen molar-refractivity contribution in [3.63, 3.8) is 0 Å². The van der Waals surface area contributed by atoms with Gasteiger partial charge in [0, 0.05) is 24.4 Å². The topological polar surface area (TPSA) is 59.4 Å². The number of aryl methyl sites for hydroxylation is 1. The molecule has 0 saturated heterocycles. The molecule has 0 unspecified atom stereocenters. The molecule has 4 nitrogen and oxygen atoms in total. The first kappa shape index (κ1) is 13.1. The molecule has 0 saturated carbocycles. The first-order chi connectivity index (χ1) is 9.22. The van der Waals surface area contributed by atoms with Crippen LogP contribution in [0.1, 0.15) is 22.3 Å². The molecule has 0 bridgehead atoms. The third-order valence-electron chi connectivity index (χ3n) is 2.91. The van der Waals surface area contributed by atoms with Crippen molar-refractivity contribution in [1.82, 2.24) is 4.98 Å². The summed E-state index contributed by atoms with van der Waals surface area (Å²) in [6, 6.07) is 8.73. The number of Topliss-reactive ketones (excluding diaryl/α,β-unsaturated/α-hetero) is 1. The summed E-state index contributed by atoms with van der Waals surface area (Å²) in [5.74, 6) is 0.533. The van der Waals surface area contributed by atoms with Crippen molar-refractivity contribution in [2.75, 3.05) is 7.11 Å². The van der Waals surface area contributed by atoms with E-state index in [1.807, 2.05) is 0 Å². The molecule has 98 valence electrons. The van der Waals surface area contributed by atoms with Gasteiger partial charge in [0.1, 0.15) is 0 Å². The van der Waals surface area contributed by atoms with E-state index in [4.69, 9.17) is 4.74 Å². The first-order valence-corrected chi connectivity index (χ1v) is 6.00. The molecule has 4 heteroatoms. The number of benzene rings is 1. The molecule has 1 heterocycles. The molecule has 0 aliphatic heterocycles. The van der Waals surface area contributed by atoms with Gasteiger partial charge in [0.2, 0.25) is 0 Å². The van der Waals surface area contributed by atoms with Crippen LogP contribution in [-0.4, -0.2) is 23.0 Å². The van der Waals surface area contributed by atoms with E-state index in [1.54, 1.807) is 42.7 Å². The Bertz CT molecular complexity index is 567. The van der Waals surface area contributed by atoms with Crippen LogP contribution in [0, 0.1) is 0 Å². The summed E-state index contributed by atoms with van der Waals surface area (Å²) in [6.07, 6.45) is 3.97. The van der Waals surface area contributed by atoms with Gasteiger partial charge in [-0.1, -0.05) is 12.1 Å². The molecule has 1 N–H and O–H groups in total. The van der Waals surface area contributed by atoms with Crippen molar-refractivity contribution >= 4 is 5.78 Å². The van der Waals surface area contributed by atoms with Crippen LogP contribution in [0.5, 0.6) is 11.5 Å². The third-order valence-corrected chi connectivity index (χ3v) is 2.91. The maximum absolute atomic E-state index is 11.9. The van der Waals surface area contributed by atoms with Crippen LogP contribution >= 0.6 is 0 Å². The number of ketones is 1. The van der Waals surface area contributed by atoms with E-state index < -0.39 is 0 Å². The van der Waals surface area contributed by atoms with Crippen molar-refractivity contribution in [3.8, 4) is 11.5 Å². The molecular formula is C15H15NO3. The zero-order chi connectivity index (χ0) is 13.7. The number of rotatable bonds is 5. The van der Waals surface area contributed by atoms with Crippen LogP contribution in [0.2, 0.25) is 0 Å². The van der Waals surface area contributed by atoms with E-state index in [0.29, 0.717) is 29.7 Å². The smallest absolute Gasteiger partial charge is 0.164 e. The molecule has 0 radical (unpaired) electrons. The second-order valence-corrected chi connectivity index (χ2v) is 4.13. The number of aromatic nitrogens is 1. The Balaban J connectivity index is 2.05. The van der Waals surface area contributed by atoms with Gasteiger partial charge in [-0.05, 0) is 30.2 Å². The number of carbonyl (C=O) groups excluding carboxylic acids is 1. The molecule has 19 heavy (non-hydrogen) atoms. The predicted molar refractivity (Wildman–Crippen MR) is 71.5 cm³/mol. The lowest BCUT2D eigenvalue weighted by atomic mass is 10.0. The Hall–Kier alpha value is -2.36. The largest absolute Gasteiger partial charge is 0.504 e. The van der Waals surface area contributed by atoms with Gasteiger partial charge in [-0.25, -0.2) is 0 Å². The highest BCUT2D eigenvalue weighted by atomic mass is 16.5. The maximum Gasteiger partial charge on any atom is 0.164 e. The summed E-state index contributed by atoms with van der Waals surface area (Å²) in [6.45, 7) is 0. The van der Waals surface area contributed by atoms with Crippen molar-refractivity contribution in [3.05, 3.63) is 53.9 Å². The average molecular weight is 257 g/mol. The van der Waals surface area contributed by atoms with Gasteiger partial charge in [0.15, 0.2) is 17.3 Å². The van der Waals surface area contributed by atoms with Crippen molar-refractivity contribution < 1.29 is 14.6 Å². The van der Waals surface area contributed by atoms with E-state index in [0.717, 1.165) is 0 Å². The van der Waals surface area contributed by atoms with E-state index in [1.165, 1.54) is 7.11 Å². The van der Waals surface area contributed by atoms with Gasteiger partial charge in [-0.3, -0.25) is 9.78 Å². The minimum atomic E-state index is 0.00956. The van der Waals surface area contributed by atoms with Crippen LogP contribution in [0.3, 0.4) is 0 Å². The van der Waals surface area contributed by atoms with Crippen molar-refractivity contribution in [2.24, 2.45) is 0 Å². The zero-order valence-electron chi connectivity index (χ0n) is 10.7. The van der Waals surface area contributed by atoms with Crippen LogP contribution in [0.4, 0.5) is 0 Å². The molecule has 0 atom stereocenters. The normalized spacial score (nSPS) is 10.2. The van der Waals surface area contributed by atoms with Gasteiger partial charge in [-0.15, -0.1) is 0 Å². The van der Waals surface area contributed by atoms with E-state index in [9.17, 15) is 9.90 Å². The Labute approximate surface area is 111 Å². The standard InChI is InChI=1S/C15H15NO3/c1-19-14-6-2-4-11(15(14)18)7-8-13(17)12-5-3-9-16-10-12/h2-6,9-10,18H,7-8H2,1H3. The number of pyridine rings is 1. The summed E-state index contributed by atoms with van der Waals surface area (Å²) in [7, 11) is 1.50. The number of aromatic hydroxyl groups is 1. The fourth-order valence-electron chi connectivity index (χ4n) is 1.85. The first-order valence-electron chi connectivity index (χ1n) is 6.00. The van der Waals surface area contributed by atoms with Gasteiger partial charge in [-0.2, -0.15) is 0 Å². The third kappa shape index (κ3) is 3.10. The molecule has 1 aromatic heterocycles. The maximum atomic E-state index is 11.9. The Morgan fingerprint density at radius 2 is 2.16 bits per heavy atom. The molecule has 0 spiro atoms. The van der Waals surface area contributed by atoms with E-state index in [2.05, 4.69) is 4.98 Å². The highest BCUT2D eigenvalue weighted by molar-refractivity contribution is 5.95. The molecule has 0 fully saturated rings. The van der Waals surface area contributed by atoms with Crippen LogP contribution < -0.4 is 4.74 Å². The number of nitrogens with zero attached hydrogens (tertiary/aromatic N) is 1. The zero-order valence-corrected chi connectivity index (χ0v) is 10.7. The second-order valence-electron chi connectivity index (χ2n) is 4.13. The predicted octanol–water partition coefficient (Wildman–Crippen LogP) is 2.61. The molecule has 0 aliphatic carbocycles. The number of hydrogen-bond acceptors (Lipinski definition) is 4. The van der Waals surface area contributed by atoms with Crippen molar-refractivity contribution in [1.29, 1.82) is 0 Å². The molecule has 1 aromatic carbocycles. The van der Waals surface area contributed by atoms with Crippen LogP contribution in [0.25, 0.3) is 0 Å². The summed E-state index contributed by atoms with van der Waals surface area (Å²) < 4.78 is 5.03. The highest BCUT2D eigenvalue weighted by Gasteiger charge is 2.10. The second kappa shape index (κ2) is 6.00. The summed E-state index contributed by atoms with van der Waals surface area (Å²) >= 11 is 0. The quantitative estimate of drug-likeness (QED) is 0.836. The number of phenolic OH excluding ortho intramolecular Hbond substituents is 1. The van der Waals surface area contributed by atoms with Gasteiger partial charge in [0.05, 0.1) is 7.11 Å². The number of carbonyl (C=O) groups is 1. The molecule has 2 aromatic rings. The molecular weight excluding hydrogens is 242 g/mol. The van der Waals surface area contributed by atoms with Crippen LogP contribution in [0.15, 0.2) is 42.7 Å². The lowest BCUT2D eigenvalue weighted by Crippen LogP contribution is -2.02. The summed E-state index contributed by atoms with van der Waals surface area (Å²) in [5.41, 5.74) is 1.29. The Morgan fingerprint density at radius 1 is 1.32 bits per heavy atom. The monoisotopic (exact) mass is 257 g/mol. The van der Waals surface area contributed by atoms with Gasteiger partial charge >= 0.3 is 0 Å². The Morgan fingerprint density at radius 3 is 2.84 bits per heavy atom. The van der Waals surface area contributed by atoms with Crippen LogP contribution in [-0.2, 0) is 6.42 Å². The number of methoxy groups -OCH3 is 1. The number of phenols is 1. The van der Waals surface area contributed by atoms with Gasteiger partial charge < -0.3 is 9.84 Å². The molecule has 2 rings (SSSR count). The van der Waals surface area contributed by atoms with E-state index >= 15 is 0 Å². The fourth-order valence-corrected chi connectivity index (χ4v) is 1.85. The lowest BCUT2D eigenvalue weighted by molar-refractivity contribution is 0.0982. The molecule has 0 amide bonds. The van der Waals surface area contributed by atoms with E-state index in [-0.39, 0.29) is 11.5 Å². The SMILES string of the molecule is COc1cccc(CCC(=O)c2cccnc2)c1O. The Kier molecular flexibility index (Phi) is 4.13. The fraction of sp³-hybridized carbons (Fsp3) is 0.200. The minimum Gasteiger partial charge on any atom is -0.504 e. The minimum absolute atomic E-state index is 0.00956. The lowest BCUT2D eigenvalue weighted by Gasteiger charge is -2.08. The molecule has 0 aliphatic rings. The highest BCUT2D eigenvalue weighted by Crippen LogP contribution is 2.30. The average Bonchev–Trinajstić information content (AvgIpc) is 2.47. The van der Waals surface area contributed by atoms with Gasteiger partial charge in [0.25, 0.3) is 0 Å².